The highest BCUT2D eigenvalue weighted by atomic mass is 35.5. The van der Waals surface area contributed by atoms with Crippen LogP contribution in [0.3, 0.4) is 0 Å². The molecule has 0 aromatic heterocycles. The predicted molar refractivity (Wildman–Crippen MR) is 59.0 cm³/mol. The Hall–Kier alpha value is 0.150. The molecule has 0 bridgehead atoms. The van der Waals surface area contributed by atoms with Gasteiger partial charge >= 0.3 is 0 Å². The lowest BCUT2D eigenvalue weighted by molar-refractivity contribution is 0.324. The van der Waals surface area contributed by atoms with E-state index in [2.05, 4.69) is 4.72 Å². The van der Waals surface area contributed by atoms with Crippen LogP contribution in [0.5, 0.6) is 0 Å². The van der Waals surface area contributed by atoms with Gasteiger partial charge < -0.3 is 0 Å². The van der Waals surface area contributed by atoms with Crippen molar-refractivity contribution in [1.29, 1.82) is 0 Å². The van der Waals surface area contributed by atoms with Crippen LogP contribution in [0, 0.1) is 5.92 Å². The molecule has 0 aliphatic heterocycles. The Balaban J connectivity index is 2.37. The molecular weight excluding hydrogens is 262 g/mol. The van der Waals surface area contributed by atoms with Gasteiger partial charge in [0.25, 0.3) is 0 Å². The molecule has 1 aliphatic carbocycles. The highest BCUT2D eigenvalue weighted by Gasteiger charge is 2.28. The molecule has 1 fully saturated rings. The van der Waals surface area contributed by atoms with E-state index in [0.29, 0.717) is 0 Å². The molecule has 8 heteroatoms. The second kappa shape index (κ2) is 4.57. The maximum atomic E-state index is 11.2. The molecule has 1 aliphatic rings. The van der Waals surface area contributed by atoms with Crippen molar-refractivity contribution in [2.24, 2.45) is 5.92 Å². The Morgan fingerprint density at radius 2 is 1.80 bits per heavy atom. The maximum Gasteiger partial charge on any atom is 0.226 e. The largest absolute Gasteiger partial charge is 0.228 e. The zero-order valence-corrected chi connectivity index (χ0v) is 10.7. The van der Waals surface area contributed by atoms with Crippen molar-refractivity contribution < 1.29 is 16.8 Å². The summed E-state index contributed by atoms with van der Waals surface area (Å²) >= 11 is 5.73. The summed E-state index contributed by atoms with van der Waals surface area (Å²) in [6.45, 7) is 0.279. The molecule has 0 saturated heterocycles. The third-order valence-corrected chi connectivity index (χ3v) is 6.06. The van der Waals surface area contributed by atoms with Crippen molar-refractivity contribution in [3.8, 4) is 0 Å². The SMILES string of the molecule is CS(=O)(=O)CS(=O)(=O)NCC1CC(Cl)C1. The summed E-state index contributed by atoms with van der Waals surface area (Å²) in [5.74, 6) is 0.238. The van der Waals surface area contributed by atoms with E-state index in [1.54, 1.807) is 0 Å². The Bertz CT molecular complexity index is 410. The molecule has 0 amide bonds. The predicted octanol–water partition coefficient (Wildman–Crippen LogP) is -0.0747. The van der Waals surface area contributed by atoms with Gasteiger partial charge in [-0.15, -0.1) is 11.6 Å². The number of halogens is 1. The first-order valence-corrected chi connectivity index (χ1v) is 8.62. The van der Waals surface area contributed by atoms with Crippen LogP contribution in [0.25, 0.3) is 0 Å². The Morgan fingerprint density at radius 3 is 2.20 bits per heavy atom. The van der Waals surface area contributed by atoms with Crippen molar-refractivity contribution in [3.05, 3.63) is 0 Å². The minimum Gasteiger partial charge on any atom is -0.228 e. The van der Waals surface area contributed by atoms with E-state index < -0.39 is 24.9 Å². The van der Waals surface area contributed by atoms with Crippen LogP contribution in [-0.2, 0) is 19.9 Å². The second-order valence-electron chi connectivity index (χ2n) is 3.94. The first-order valence-electron chi connectivity index (χ1n) is 4.47. The standard InChI is InChI=1S/C7H14ClNO4S2/c1-14(10,11)5-15(12,13)9-4-6-2-7(8)3-6/h6-7,9H,2-5H2,1H3. The second-order valence-corrected chi connectivity index (χ2v) is 8.87. The minimum atomic E-state index is -3.71. The molecule has 0 radical (unpaired) electrons. The summed E-state index contributed by atoms with van der Waals surface area (Å²) in [4.78, 5) is 0. The molecule has 5 nitrogen and oxygen atoms in total. The summed E-state index contributed by atoms with van der Waals surface area (Å²) < 4.78 is 46.3. The topological polar surface area (TPSA) is 80.3 Å². The summed E-state index contributed by atoms with van der Waals surface area (Å²) in [6.07, 6.45) is 2.45. The first kappa shape index (κ1) is 13.2. The molecule has 0 spiro atoms. The number of hydrogen-bond acceptors (Lipinski definition) is 4. The lowest BCUT2D eigenvalue weighted by Gasteiger charge is -2.30. The third kappa shape index (κ3) is 5.14. The van der Waals surface area contributed by atoms with Crippen LogP contribution in [0.15, 0.2) is 0 Å². The van der Waals surface area contributed by atoms with Crippen LogP contribution in [0.2, 0.25) is 0 Å². The fourth-order valence-electron chi connectivity index (χ4n) is 1.39. The summed E-state index contributed by atoms with van der Waals surface area (Å²) in [6, 6.07) is 0. The van der Waals surface area contributed by atoms with Gasteiger partial charge in [0.15, 0.2) is 14.9 Å². The number of nitrogens with one attached hydrogen (secondary N) is 1. The molecule has 0 unspecified atom stereocenters. The molecule has 0 aromatic carbocycles. The van der Waals surface area contributed by atoms with Gasteiger partial charge in [-0.1, -0.05) is 0 Å². The van der Waals surface area contributed by atoms with Gasteiger partial charge in [0.2, 0.25) is 10.0 Å². The van der Waals surface area contributed by atoms with Crippen LogP contribution in [0.4, 0.5) is 0 Å². The van der Waals surface area contributed by atoms with Gasteiger partial charge in [-0.3, -0.25) is 0 Å². The highest BCUT2D eigenvalue weighted by molar-refractivity contribution is 8.06. The van der Waals surface area contributed by atoms with Crippen molar-refractivity contribution in [3.63, 3.8) is 0 Å². The number of hydrogen-bond donors (Lipinski definition) is 1. The minimum absolute atomic E-state index is 0.134. The van der Waals surface area contributed by atoms with Gasteiger partial charge in [-0.05, 0) is 18.8 Å². The Morgan fingerprint density at radius 1 is 1.27 bits per heavy atom. The van der Waals surface area contributed by atoms with Crippen LogP contribution >= 0.6 is 11.6 Å². The summed E-state index contributed by atoms with van der Waals surface area (Å²) in [7, 11) is -7.21. The zero-order valence-electron chi connectivity index (χ0n) is 8.31. The van der Waals surface area contributed by atoms with E-state index in [1.165, 1.54) is 0 Å². The molecule has 15 heavy (non-hydrogen) atoms. The van der Waals surface area contributed by atoms with Crippen molar-refractivity contribution in [2.75, 3.05) is 17.9 Å². The Labute approximate surface area is 95.2 Å². The molecule has 0 atom stereocenters. The summed E-state index contributed by atoms with van der Waals surface area (Å²) in [5, 5.41) is -0.716. The molecule has 0 heterocycles. The summed E-state index contributed by atoms with van der Waals surface area (Å²) in [5.41, 5.74) is 0. The molecule has 1 rings (SSSR count). The van der Waals surface area contributed by atoms with E-state index >= 15 is 0 Å². The average Bonchev–Trinajstić information content (AvgIpc) is 1.90. The van der Waals surface area contributed by atoms with Crippen molar-refractivity contribution in [1.82, 2.24) is 4.72 Å². The van der Waals surface area contributed by atoms with Crippen LogP contribution in [0.1, 0.15) is 12.8 Å². The molecular formula is C7H14ClNO4S2. The number of rotatable bonds is 5. The third-order valence-electron chi connectivity index (χ3n) is 2.14. The molecule has 90 valence electrons. The number of alkyl halides is 1. The molecule has 1 N–H and O–H groups in total. The van der Waals surface area contributed by atoms with Gasteiger partial charge in [-0.2, -0.15) is 0 Å². The fourth-order valence-corrected chi connectivity index (χ4v) is 4.97. The fraction of sp³-hybridized carbons (Fsp3) is 1.00. The lowest BCUT2D eigenvalue weighted by atomic mass is 9.85. The smallest absolute Gasteiger partial charge is 0.226 e. The van der Waals surface area contributed by atoms with Crippen LogP contribution < -0.4 is 4.72 Å². The molecule has 1 saturated carbocycles. The number of sulfone groups is 1. The molecule has 0 aromatic rings. The zero-order chi connectivity index (χ0) is 11.7. The van der Waals surface area contributed by atoms with E-state index in [4.69, 9.17) is 11.6 Å². The van der Waals surface area contributed by atoms with E-state index in [0.717, 1.165) is 19.1 Å². The maximum absolute atomic E-state index is 11.2. The van der Waals surface area contributed by atoms with E-state index in [-0.39, 0.29) is 17.8 Å². The van der Waals surface area contributed by atoms with E-state index in [1.807, 2.05) is 0 Å². The first-order chi connectivity index (χ1) is 6.68. The van der Waals surface area contributed by atoms with E-state index in [9.17, 15) is 16.8 Å². The monoisotopic (exact) mass is 275 g/mol. The normalized spacial score (nSPS) is 27.3. The van der Waals surface area contributed by atoms with Crippen molar-refractivity contribution in [2.45, 2.75) is 18.2 Å². The average molecular weight is 276 g/mol. The quantitative estimate of drug-likeness (QED) is 0.712. The van der Waals surface area contributed by atoms with Gasteiger partial charge in [0.05, 0.1) is 0 Å². The highest BCUT2D eigenvalue weighted by Crippen LogP contribution is 2.31. The Kier molecular flexibility index (Phi) is 4.02. The number of sulfonamides is 1. The van der Waals surface area contributed by atoms with Crippen molar-refractivity contribution >= 4 is 31.5 Å². The van der Waals surface area contributed by atoms with Gasteiger partial charge in [0, 0.05) is 18.2 Å². The van der Waals surface area contributed by atoms with Gasteiger partial charge in [0.1, 0.15) is 0 Å². The van der Waals surface area contributed by atoms with Crippen LogP contribution in [-0.4, -0.2) is 40.1 Å². The lowest BCUT2D eigenvalue weighted by Crippen LogP contribution is -2.38. The van der Waals surface area contributed by atoms with Gasteiger partial charge in [-0.25, -0.2) is 21.6 Å².